The summed E-state index contributed by atoms with van der Waals surface area (Å²) < 4.78 is 5.16. The summed E-state index contributed by atoms with van der Waals surface area (Å²) >= 11 is 4.47. The van der Waals surface area contributed by atoms with E-state index in [-0.39, 0.29) is 0 Å². The van der Waals surface area contributed by atoms with Gasteiger partial charge in [0.15, 0.2) is 5.58 Å². The largest absolute Gasteiger partial charge is 0.460 e. The second kappa shape index (κ2) is 2.85. The molecule has 58 valence electrons. The number of aliphatic imine (C=N–C) groups is 1. The number of hydrogen-bond acceptors (Lipinski definition) is 4. The molecule has 12 heavy (non-hydrogen) atoms. The first-order valence-electron chi connectivity index (χ1n) is 3.32. The first kappa shape index (κ1) is 7.16. The maximum atomic E-state index is 5.16. The Balaban J connectivity index is 2.81. The molecule has 0 aliphatic carbocycles. The molecular weight excluding hydrogens is 172 g/mol. The number of thiocarbonyl (C=S) groups is 1. The van der Waals surface area contributed by atoms with Crippen molar-refractivity contribution in [2.45, 2.75) is 0 Å². The van der Waals surface area contributed by atoms with Gasteiger partial charge in [0.1, 0.15) is 0 Å². The highest BCUT2D eigenvalue weighted by molar-refractivity contribution is 7.78. The minimum absolute atomic E-state index is 0.479. The van der Waals surface area contributed by atoms with Gasteiger partial charge in [-0.3, -0.25) is 0 Å². The van der Waals surface area contributed by atoms with Crippen LogP contribution in [0.1, 0.15) is 0 Å². The molecule has 2 rings (SSSR count). The van der Waals surface area contributed by atoms with Crippen LogP contribution >= 0.6 is 12.2 Å². The first-order valence-corrected chi connectivity index (χ1v) is 3.73. The second-order valence-corrected chi connectivity index (χ2v) is 2.36. The van der Waals surface area contributed by atoms with Crippen molar-refractivity contribution in [3.8, 4) is 0 Å². The van der Waals surface area contributed by atoms with Gasteiger partial charge >= 0.3 is 0 Å². The van der Waals surface area contributed by atoms with Crippen LogP contribution in [0.15, 0.2) is 34.0 Å². The number of pyridine rings is 1. The maximum Gasteiger partial charge on any atom is 0.206 e. The van der Waals surface area contributed by atoms with Gasteiger partial charge in [-0.15, -0.1) is 0 Å². The summed E-state index contributed by atoms with van der Waals surface area (Å²) in [5, 5.41) is 3.22. The molecule has 0 aliphatic rings. The van der Waals surface area contributed by atoms with Gasteiger partial charge in [-0.05, 0) is 24.4 Å². The maximum absolute atomic E-state index is 5.16. The third kappa shape index (κ3) is 1.03. The second-order valence-electron chi connectivity index (χ2n) is 2.18. The zero-order valence-electron chi connectivity index (χ0n) is 6.02. The molecule has 0 spiro atoms. The third-order valence-electron chi connectivity index (χ3n) is 1.50. The summed E-state index contributed by atoms with van der Waals surface area (Å²) in [4.78, 5) is 7.75. The Morgan fingerprint density at radius 3 is 3.25 bits per heavy atom. The number of hydrogen-bond donors (Lipinski definition) is 0. The lowest BCUT2D eigenvalue weighted by atomic mass is 10.3. The highest BCUT2D eigenvalue weighted by atomic mass is 32.1. The molecule has 0 amide bonds. The normalized spacial score (nSPS) is 9.67. The summed E-state index contributed by atoms with van der Waals surface area (Å²) in [5.41, 5.74) is 0.648. The Labute approximate surface area is 73.7 Å². The average molecular weight is 176 g/mol. The molecule has 0 fully saturated rings. The minimum Gasteiger partial charge on any atom is -0.460 e. The van der Waals surface area contributed by atoms with E-state index in [4.69, 9.17) is 4.42 Å². The lowest BCUT2D eigenvalue weighted by Gasteiger charge is -1.89. The van der Waals surface area contributed by atoms with Crippen molar-refractivity contribution in [1.29, 1.82) is 0 Å². The number of furan rings is 1. The van der Waals surface area contributed by atoms with Gasteiger partial charge in [-0.2, -0.15) is 4.99 Å². The Morgan fingerprint density at radius 2 is 2.42 bits per heavy atom. The fourth-order valence-corrected chi connectivity index (χ4v) is 1.09. The lowest BCUT2D eigenvalue weighted by molar-refractivity contribution is 0.615. The Morgan fingerprint density at radius 1 is 1.50 bits per heavy atom. The molecule has 0 atom stereocenters. The van der Waals surface area contributed by atoms with Crippen molar-refractivity contribution < 1.29 is 4.42 Å². The molecule has 0 N–H and O–H groups in total. The Hall–Kier alpha value is -1.51. The molecule has 3 nitrogen and oxygen atoms in total. The van der Waals surface area contributed by atoms with Crippen LogP contribution in [-0.2, 0) is 0 Å². The molecule has 2 heterocycles. The molecule has 0 saturated carbocycles. The van der Waals surface area contributed by atoms with Crippen LogP contribution < -0.4 is 0 Å². The summed E-state index contributed by atoms with van der Waals surface area (Å²) in [7, 11) is 0. The summed E-state index contributed by atoms with van der Waals surface area (Å²) in [6.45, 7) is 0. The molecule has 0 radical (unpaired) electrons. The molecule has 0 unspecified atom stereocenters. The van der Waals surface area contributed by atoms with E-state index in [1.54, 1.807) is 12.5 Å². The van der Waals surface area contributed by atoms with Crippen molar-refractivity contribution in [1.82, 2.24) is 4.98 Å². The monoisotopic (exact) mass is 176 g/mol. The van der Waals surface area contributed by atoms with E-state index in [9.17, 15) is 0 Å². The summed E-state index contributed by atoms with van der Waals surface area (Å²) in [6, 6.07) is 3.70. The van der Waals surface area contributed by atoms with Crippen molar-refractivity contribution in [2.24, 2.45) is 4.99 Å². The van der Waals surface area contributed by atoms with Gasteiger partial charge < -0.3 is 4.42 Å². The molecule has 0 saturated heterocycles. The van der Waals surface area contributed by atoms with E-state index in [1.807, 2.05) is 12.1 Å². The summed E-state index contributed by atoms with van der Waals surface area (Å²) in [5.74, 6) is 0.479. The first-order chi connectivity index (χ1) is 5.92. The quantitative estimate of drug-likeness (QED) is 0.495. The highest BCUT2D eigenvalue weighted by Crippen LogP contribution is 2.23. The van der Waals surface area contributed by atoms with Crippen LogP contribution in [0.4, 0.5) is 5.82 Å². The van der Waals surface area contributed by atoms with Gasteiger partial charge in [0.05, 0.1) is 11.4 Å². The Bertz CT molecular complexity index is 457. The third-order valence-corrected chi connectivity index (χ3v) is 1.59. The van der Waals surface area contributed by atoms with Crippen molar-refractivity contribution in [3.05, 3.63) is 24.6 Å². The standard InChI is InChI=1S/C8H4N2OS/c12-5-10-8-7-6(1-3-9-8)2-4-11-7/h1-4H. The van der Waals surface area contributed by atoms with Gasteiger partial charge in [0.25, 0.3) is 0 Å². The summed E-state index contributed by atoms with van der Waals surface area (Å²) in [6.07, 6.45) is 3.25. The van der Waals surface area contributed by atoms with E-state index in [0.29, 0.717) is 11.4 Å². The van der Waals surface area contributed by atoms with E-state index in [2.05, 4.69) is 27.4 Å². The van der Waals surface area contributed by atoms with E-state index in [0.717, 1.165) is 5.39 Å². The smallest absolute Gasteiger partial charge is 0.206 e. The van der Waals surface area contributed by atoms with E-state index < -0.39 is 0 Å². The van der Waals surface area contributed by atoms with E-state index in [1.165, 1.54) is 0 Å². The highest BCUT2D eigenvalue weighted by Gasteiger charge is 2.02. The van der Waals surface area contributed by atoms with Crippen LogP contribution in [0, 0.1) is 0 Å². The van der Waals surface area contributed by atoms with Crippen LogP contribution in [0.2, 0.25) is 0 Å². The molecular formula is C8H4N2OS. The van der Waals surface area contributed by atoms with Crippen LogP contribution in [0.25, 0.3) is 11.0 Å². The molecule has 2 aromatic heterocycles. The molecule has 0 bridgehead atoms. The van der Waals surface area contributed by atoms with E-state index >= 15 is 0 Å². The Kier molecular flexibility index (Phi) is 1.70. The fourth-order valence-electron chi connectivity index (χ4n) is 1.00. The van der Waals surface area contributed by atoms with Crippen LogP contribution in [0.5, 0.6) is 0 Å². The fraction of sp³-hybridized carbons (Fsp3) is 0. The predicted molar refractivity (Wildman–Crippen MR) is 48.7 cm³/mol. The number of fused-ring (bicyclic) bond motifs is 1. The topological polar surface area (TPSA) is 38.4 Å². The minimum atomic E-state index is 0.479. The molecule has 0 aromatic carbocycles. The van der Waals surface area contributed by atoms with Crippen LogP contribution in [0.3, 0.4) is 0 Å². The number of nitrogens with zero attached hydrogens (tertiary/aromatic N) is 2. The number of aromatic nitrogens is 1. The van der Waals surface area contributed by atoms with Crippen molar-refractivity contribution in [2.75, 3.05) is 0 Å². The molecule has 2 aromatic rings. The lowest BCUT2D eigenvalue weighted by Crippen LogP contribution is -1.72. The van der Waals surface area contributed by atoms with Crippen molar-refractivity contribution >= 4 is 34.2 Å². The number of rotatable bonds is 1. The van der Waals surface area contributed by atoms with Gasteiger partial charge in [-0.25, -0.2) is 4.98 Å². The molecule has 0 aliphatic heterocycles. The molecule has 4 heteroatoms. The van der Waals surface area contributed by atoms with Gasteiger partial charge in [0, 0.05) is 11.6 Å². The average Bonchev–Trinajstić information content (AvgIpc) is 2.53. The van der Waals surface area contributed by atoms with Crippen molar-refractivity contribution in [3.63, 3.8) is 0 Å². The van der Waals surface area contributed by atoms with Gasteiger partial charge in [0.2, 0.25) is 5.82 Å². The van der Waals surface area contributed by atoms with Crippen LogP contribution in [-0.4, -0.2) is 10.1 Å². The predicted octanol–water partition coefficient (Wildman–Crippen LogP) is 2.56. The SMILES string of the molecule is S=C=Nc1nccc2ccoc12. The zero-order valence-corrected chi connectivity index (χ0v) is 6.84. The number of isothiocyanates is 1. The van der Waals surface area contributed by atoms with Gasteiger partial charge in [-0.1, -0.05) is 0 Å². The zero-order chi connectivity index (χ0) is 8.39.